The summed E-state index contributed by atoms with van der Waals surface area (Å²) in [4.78, 5) is 5.90. The summed E-state index contributed by atoms with van der Waals surface area (Å²) in [5.41, 5.74) is 5.05. The lowest BCUT2D eigenvalue weighted by atomic mass is 10.5. The van der Waals surface area contributed by atoms with E-state index in [9.17, 15) is 0 Å². The molecule has 1 aromatic rings. The lowest BCUT2D eigenvalue weighted by Crippen LogP contribution is -2.21. The molecule has 0 aromatic carbocycles. The zero-order valence-electron chi connectivity index (χ0n) is 8.62. The zero-order chi connectivity index (χ0) is 10.1. The molecule has 0 fully saturated rings. The van der Waals surface area contributed by atoms with Crippen LogP contribution in [0.15, 0.2) is 6.33 Å². The van der Waals surface area contributed by atoms with E-state index >= 15 is 0 Å². The lowest BCUT2D eigenvalue weighted by Gasteiger charge is -2.13. The van der Waals surface area contributed by atoms with Crippen LogP contribution in [0.1, 0.15) is 20.8 Å². The van der Waals surface area contributed by atoms with Crippen molar-refractivity contribution in [1.29, 1.82) is 0 Å². The highest BCUT2D eigenvalue weighted by Gasteiger charge is 1.89. The summed E-state index contributed by atoms with van der Waals surface area (Å²) in [6.07, 6.45) is 1.36. The van der Waals surface area contributed by atoms with Crippen molar-refractivity contribution < 1.29 is 0 Å². The number of nitrogens with two attached hydrogens (primary N) is 1. The summed E-state index contributed by atoms with van der Waals surface area (Å²) in [5.74, 6) is 0.356. The molecule has 0 saturated heterocycles. The first-order chi connectivity index (χ1) is 6.24. The maximum absolute atomic E-state index is 5.05. The van der Waals surface area contributed by atoms with E-state index in [0.717, 1.165) is 0 Å². The Morgan fingerprint density at radius 1 is 1.31 bits per heavy atom. The van der Waals surface area contributed by atoms with Crippen molar-refractivity contribution in [2.45, 2.75) is 20.8 Å². The molecule has 0 atom stereocenters. The third kappa shape index (κ3) is 6.10. The zero-order valence-corrected chi connectivity index (χ0v) is 8.62. The molecule has 1 rings (SSSR count). The molecule has 0 aliphatic heterocycles. The minimum absolute atomic E-state index is 0.356. The van der Waals surface area contributed by atoms with Crippen molar-refractivity contribution in [3.8, 4) is 0 Å². The second kappa shape index (κ2) is 7.54. The van der Waals surface area contributed by atoms with Crippen LogP contribution in [0.3, 0.4) is 0 Å². The number of rotatable bonds is 3. The number of hydrogen-bond acceptors (Lipinski definition) is 4. The van der Waals surface area contributed by atoms with Crippen LogP contribution in [0, 0.1) is 0 Å². The van der Waals surface area contributed by atoms with Crippen molar-refractivity contribution in [2.75, 3.05) is 25.4 Å². The van der Waals surface area contributed by atoms with Crippen LogP contribution in [0.2, 0.25) is 0 Å². The molecule has 0 unspecified atom stereocenters. The number of hydrogen-bond donors (Lipinski definition) is 2. The van der Waals surface area contributed by atoms with Gasteiger partial charge in [0.15, 0.2) is 0 Å². The molecular formula is C8H19N5. The maximum Gasteiger partial charge on any atom is 0.215 e. The third-order valence-corrected chi connectivity index (χ3v) is 1.78. The van der Waals surface area contributed by atoms with Gasteiger partial charge in [0.1, 0.15) is 6.33 Å². The fourth-order valence-corrected chi connectivity index (χ4v) is 0.886. The number of aromatic amines is 1. The number of nitrogens with one attached hydrogen (secondary N) is 1. The fraction of sp³-hybridized carbons (Fsp3) is 0.750. The molecular weight excluding hydrogens is 166 g/mol. The van der Waals surface area contributed by atoms with Gasteiger partial charge in [-0.3, -0.25) is 0 Å². The van der Waals surface area contributed by atoms with E-state index in [1.54, 1.807) is 0 Å². The van der Waals surface area contributed by atoms with Crippen LogP contribution in [0.4, 0.5) is 5.95 Å². The Bertz CT molecular complexity index is 175. The lowest BCUT2D eigenvalue weighted by molar-refractivity contribution is 0.321. The first kappa shape index (κ1) is 11.9. The standard InChI is InChI=1S/C6H15N.C2H4N4/c1-4-7(5-2)6-3;3-2-4-1-5-6-2/h4-6H2,1-3H3;1H,(H3,3,4,5,6). The molecule has 13 heavy (non-hydrogen) atoms. The predicted octanol–water partition coefficient (Wildman–Crippen LogP) is 0.735. The summed E-state index contributed by atoms with van der Waals surface area (Å²) in [6, 6.07) is 0. The normalized spacial score (nSPS) is 9.54. The first-order valence-corrected chi connectivity index (χ1v) is 4.57. The van der Waals surface area contributed by atoms with Gasteiger partial charge in [0, 0.05) is 0 Å². The van der Waals surface area contributed by atoms with Gasteiger partial charge in [0.05, 0.1) is 0 Å². The van der Waals surface area contributed by atoms with E-state index in [2.05, 4.69) is 40.9 Å². The van der Waals surface area contributed by atoms with E-state index in [1.165, 1.54) is 26.0 Å². The maximum atomic E-state index is 5.05. The Hall–Kier alpha value is -1.10. The predicted molar refractivity (Wildman–Crippen MR) is 54.3 cm³/mol. The van der Waals surface area contributed by atoms with E-state index < -0.39 is 0 Å². The van der Waals surface area contributed by atoms with Crippen LogP contribution < -0.4 is 5.73 Å². The summed E-state index contributed by atoms with van der Waals surface area (Å²) < 4.78 is 0. The van der Waals surface area contributed by atoms with Gasteiger partial charge in [0.2, 0.25) is 5.95 Å². The summed E-state index contributed by atoms with van der Waals surface area (Å²) in [7, 11) is 0. The van der Waals surface area contributed by atoms with Gasteiger partial charge in [-0.1, -0.05) is 20.8 Å². The van der Waals surface area contributed by atoms with Crippen molar-refractivity contribution in [3.05, 3.63) is 6.33 Å². The van der Waals surface area contributed by atoms with E-state index in [4.69, 9.17) is 5.73 Å². The van der Waals surface area contributed by atoms with Crippen LogP contribution in [0.25, 0.3) is 0 Å². The van der Waals surface area contributed by atoms with Crippen molar-refractivity contribution in [1.82, 2.24) is 20.1 Å². The van der Waals surface area contributed by atoms with Gasteiger partial charge in [-0.2, -0.15) is 5.10 Å². The highest BCUT2D eigenvalue weighted by Crippen LogP contribution is 1.81. The molecule has 5 heteroatoms. The van der Waals surface area contributed by atoms with Crippen molar-refractivity contribution in [2.24, 2.45) is 0 Å². The third-order valence-electron chi connectivity index (χ3n) is 1.78. The number of anilines is 1. The van der Waals surface area contributed by atoms with Gasteiger partial charge < -0.3 is 10.6 Å². The molecule has 0 spiro atoms. The molecule has 0 aliphatic carbocycles. The highest BCUT2D eigenvalue weighted by molar-refractivity contribution is 5.07. The Labute approximate surface area is 79.3 Å². The number of nitrogen functional groups attached to an aromatic ring is 1. The summed E-state index contributed by atoms with van der Waals surface area (Å²) in [5, 5.41) is 5.88. The van der Waals surface area contributed by atoms with E-state index in [0.29, 0.717) is 5.95 Å². The monoisotopic (exact) mass is 185 g/mol. The van der Waals surface area contributed by atoms with E-state index in [-0.39, 0.29) is 0 Å². The van der Waals surface area contributed by atoms with Gasteiger partial charge in [0.25, 0.3) is 0 Å². The largest absolute Gasteiger partial charge is 0.368 e. The number of aromatic nitrogens is 3. The average Bonchev–Trinajstić information content (AvgIpc) is 2.60. The quantitative estimate of drug-likeness (QED) is 0.728. The Morgan fingerprint density at radius 3 is 1.92 bits per heavy atom. The molecule has 0 bridgehead atoms. The Morgan fingerprint density at radius 2 is 1.85 bits per heavy atom. The fourth-order valence-electron chi connectivity index (χ4n) is 0.886. The second-order valence-corrected chi connectivity index (χ2v) is 2.49. The van der Waals surface area contributed by atoms with Gasteiger partial charge in [-0.25, -0.2) is 10.1 Å². The van der Waals surface area contributed by atoms with Crippen LogP contribution in [-0.4, -0.2) is 39.7 Å². The van der Waals surface area contributed by atoms with Crippen molar-refractivity contribution in [3.63, 3.8) is 0 Å². The molecule has 0 radical (unpaired) electrons. The van der Waals surface area contributed by atoms with Gasteiger partial charge in [-0.05, 0) is 19.6 Å². The Balaban J connectivity index is 0.000000223. The second-order valence-electron chi connectivity index (χ2n) is 2.49. The molecule has 0 amide bonds. The first-order valence-electron chi connectivity index (χ1n) is 4.57. The van der Waals surface area contributed by atoms with E-state index in [1.807, 2.05) is 0 Å². The van der Waals surface area contributed by atoms with Gasteiger partial charge >= 0.3 is 0 Å². The van der Waals surface area contributed by atoms with Crippen LogP contribution >= 0.6 is 0 Å². The molecule has 76 valence electrons. The average molecular weight is 185 g/mol. The smallest absolute Gasteiger partial charge is 0.215 e. The molecule has 0 saturated carbocycles. The van der Waals surface area contributed by atoms with Crippen molar-refractivity contribution >= 4 is 5.95 Å². The SMILES string of the molecule is CCN(CC)CC.Nc1ncn[nH]1. The molecule has 1 heterocycles. The summed E-state index contributed by atoms with van der Waals surface area (Å²) in [6.45, 7) is 10.1. The minimum atomic E-state index is 0.356. The molecule has 5 nitrogen and oxygen atoms in total. The molecule has 3 N–H and O–H groups in total. The number of H-pyrrole nitrogens is 1. The van der Waals surface area contributed by atoms with Gasteiger partial charge in [-0.15, -0.1) is 0 Å². The van der Waals surface area contributed by atoms with Crippen LogP contribution in [0.5, 0.6) is 0 Å². The topological polar surface area (TPSA) is 70.8 Å². The highest BCUT2D eigenvalue weighted by atomic mass is 15.2. The van der Waals surface area contributed by atoms with Crippen LogP contribution in [-0.2, 0) is 0 Å². The Kier molecular flexibility index (Phi) is 6.91. The molecule has 0 aliphatic rings. The number of nitrogens with zero attached hydrogens (tertiary/aromatic N) is 3. The molecule has 1 aromatic heterocycles. The minimum Gasteiger partial charge on any atom is -0.368 e. The summed E-state index contributed by atoms with van der Waals surface area (Å²) >= 11 is 0.